The Morgan fingerprint density at radius 3 is 2.47 bits per heavy atom. The quantitative estimate of drug-likeness (QED) is 0.696. The van der Waals surface area contributed by atoms with E-state index < -0.39 is 11.1 Å². The zero-order valence-corrected chi connectivity index (χ0v) is 10.2. The topological polar surface area (TPSA) is 26.3 Å². The van der Waals surface area contributed by atoms with Crippen molar-refractivity contribution in [3.63, 3.8) is 0 Å². The predicted molar refractivity (Wildman–Crippen MR) is 63.1 cm³/mol. The SMILES string of the molecule is CCCCCOS(=O)c1ccc(C)cc1. The van der Waals surface area contributed by atoms with E-state index in [1.807, 2.05) is 31.2 Å². The highest BCUT2D eigenvalue weighted by atomic mass is 32.2. The monoisotopic (exact) mass is 226 g/mol. The van der Waals surface area contributed by atoms with Gasteiger partial charge in [0.1, 0.15) is 0 Å². The standard InChI is InChI=1S/C12H18O2S/c1-3-4-5-10-14-15(13)12-8-6-11(2)7-9-12/h6-9H,3-5,10H2,1-2H3. The Balaban J connectivity index is 2.37. The number of unbranched alkanes of at least 4 members (excludes halogenated alkanes) is 2. The summed E-state index contributed by atoms with van der Waals surface area (Å²) < 4.78 is 16.9. The Labute approximate surface area is 94.3 Å². The molecule has 0 saturated heterocycles. The summed E-state index contributed by atoms with van der Waals surface area (Å²) in [5.41, 5.74) is 1.17. The highest BCUT2D eigenvalue weighted by molar-refractivity contribution is 7.80. The van der Waals surface area contributed by atoms with Gasteiger partial charge in [-0.15, -0.1) is 0 Å². The van der Waals surface area contributed by atoms with Crippen molar-refractivity contribution >= 4 is 11.1 Å². The molecule has 0 fully saturated rings. The van der Waals surface area contributed by atoms with Crippen molar-refractivity contribution in [1.29, 1.82) is 0 Å². The lowest BCUT2D eigenvalue weighted by Crippen LogP contribution is -1.99. The van der Waals surface area contributed by atoms with Gasteiger partial charge in [0.15, 0.2) is 11.1 Å². The second-order valence-electron chi connectivity index (χ2n) is 3.58. The molecule has 3 heteroatoms. The van der Waals surface area contributed by atoms with E-state index in [9.17, 15) is 4.21 Å². The van der Waals surface area contributed by atoms with Gasteiger partial charge in [-0.05, 0) is 25.5 Å². The summed E-state index contributed by atoms with van der Waals surface area (Å²) in [5, 5.41) is 0. The first-order valence-electron chi connectivity index (χ1n) is 5.35. The lowest BCUT2D eigenvalue weighted by Gasteiger charge is -2.03. The summed E-state index contributed by atoms with van der Waals surface area (Å²) in [6.45, 7) is 4.72. The first kappa shape index (κ1) is 12.4. The molecule has 0 aliphatic rings. The molecule has 1 aromatic carbocycles. The van der Waals surface area contributed by atoms with Gasteiger partial charge < -0.3 is 0 Å². The smallest absolute Gasteiger partial charge is 0.189 e. The van der Waals surface area contributed by atoms with Gasteiger partial charge in [-0.2, -0.15) is 0 Å². The van der Waals surface area contributed by atoms with Gasteiger partial charge in [-0.1, -0.05) is 37.5 Å². The summed E-state index contributed by atoms with van der Waals surface area (Å²) in [7, 11) is 0. The van der Waals surface area contributed by atoms with Crippen LogP contribution in [0.4, 0.5) is 0 Å². The third-order valence-corrected chi connectivity index (χ3v) is 3.19. The van der Waals surface area contributed by atoms with E-state index in [0.29, 0.717) is 6.61 Å². The fourth-order valence-corrected chi connectivity index (χ4v) is 1.97. The largest absolute Gasteiger partial charge is 0.287 e. The molecular weight excluding hydrogens is 208 g/mol. The van der Waals surface area contributed by atoms with Gasteiger partial charge >= 0.3 is 0 Å². The van der Waals surface area contributed by atoms with Crippen molar-refractivity contribution in [2.45, 2.75) is 38.0 Å². The second-order valence-corrected chi connectivity index (χ2v) is 4.75. The molecule has 2 nitrogen and oxygen atoms in total. The fraction of sp³-hybridized carbons (Fsp3) is 0.500. The third-order valence-electron chi connectivity index (χ3n) is 2.15. The van der Waals surface area contributed by atoms with E-state index in [1.54, 1.807) is 0 Å². The summed E-state index contributed by atoms with van der Waals surface area (Å²) in [6.07, 6.45) is 3.26. The van der Waals surface area contributed by atoms with E-state index in [-0.39, 0.29) is 0 Å². The third kappa shape index (κ3) is 4.58. The minimum absolute atomic E-state index is 0.578. The van der Waals surface area contributed by atoms with Crippen molar-refractivity contribution in [2.24, 2.45) is 0 Å². The summed E-state index contributed by atoms with van der Waals surface area (Å²) in [5.74, 6) is 0. The molecule has 1 unspecified atom stereocenters. The average Bonchev–Trinajstić information content (AvgIpc) is 2.25. The molecule has 84 valence electrons. The van der Waals surface area contributed by atoms with Crippen molar-refractivity contribution in [1.82, 2.24) is 0 Å². The summed E-state index contributed by atoms with van der Waals surface area (Å²) >= 11 is -1.30. The summed E-state index contributed by atoms with van der Waals surface area (Å²) in [6, 6.07) is 7.60. The van der Waals surface area contributed by atoms with Crippen LogP contribution < -0.4 is 0 Å². The molecule has 1 atom stereocenters. The van der Waals surface area contributed by atoms with Crippen LogP contribution in [0.5, 0.6) is 0 Å². The van der Waals surface area contributed by atoms with Crippen LogP contribution in [-0.2, 0) is 15.3 Å². The molecule has 0 N–H and O–H groups in total. The molecule has 0 amide bonds. The van der Waals surface area contributed by atoms with E-state index in [4.69, 9.17) is 4.18 Å². The van der Waals surface area contributed by atoms with Gasteiger partial charge in [0.05, 0.1) is 11.5 Å². The maximum atomic E-state index is 11.6. The van der Waals surface area contributed by atoms with Crippen LogP contribution >= 0.6 is 0 Å². The number of hydrogen-bond donors (Lipinski definition) is 0. The number of aryl methyl sites for hydroxylation is 1. The minimum atomic E-state index is -1.30. The average molecular weight is 226 g/mol. The normalized spacial score (nSPS) is 12.7. The van der Waals surface area contributed by atoms with Crippen molar-refractivity contribution in [2.75, 3.05) is 6.61 Å². The van der Waals surface area contributed by atoms with E-state index in [0.717, 1.165) is 24.2 Å². The number of hydrogen-bond acceptors (Lipinski definition) is 2. The van der Waals surface area contributed by atoms with E-state index >= 15 is 0 Å². The number of rotatable bonds is 6. The molecular formula is C12H18O2S. The van der Waals surface area contributed by atoms with Crippen molar-refractivity contribution in [3.05, 3.63) is 29.8 Å². The van der Waals surface area contributed by atoms with Crippen molar-refractivity contribution < 1.29 is 8.39 Å². The summed E-state index contributed by atoms with van der Waals surface area (Å²) in [4.78, 5) is 0.747. The second kappa shape index (κ2) is 6.75. The molecule has 0 saturated carbocycles. The van der Waals surface area contributed by atoms with Crippen LogP contribution in [0.3, 0.4) is 0 Å². The minimum Gasteiger partial charge on any atom is -0.287 e. The van der Waals surface area contributed by atoms with Crippen LogP contribution in [0.2, 0.25) is 0 Å². The van der Waals surface area contributed by atoms with Crippen molar-refractivity contribution in [3.8, 4) is 0 Å². The molecule has 0 aromatic heterocycles. The van der Waals surface area contributed by atoms with Crippen LogP contribution in [0.25, 0.3) is 0 Å². The Kier molecular flexibility index (Phi) is 5.58. The van der Waals surface area contributed by atoms with Crippen LogP contribution in [0.15, 0.2) is 29.2 Å². The first-order chi connectivity index (χ1) is 7.24. The lowest BCUT2D eigenvalue weighted by molar-refractivity contribution is 0.334. The van der Waals surface area contributed by atoms with Gasteiger partial charge in [0, 0.05) is 0 Å². The first-order valence-corrected chi connectivity index (χ1v) is 6.43. The van der Waals surface area contributed by atoms with E-state index in [2.05, 4.69) is 6.92 Å². The Morgan fingerprint density at radius 1 is 1.20 bits per heavy atom. The molecule has 0 aliphatic heterocycles. The fourth-order valence-electron chi connectivity index (χ4n) is 1.20. The highest BCUT2D eigenvalue weighted by Gasteiger charge is 2.03. The molecule has 0 spiro atoms. The zero-order valence-electron chi connectivity index (χ0n) is 9.36. The Hall–Kier alpha value is -0.670. The molecule has 1 rings (SSSR count). The van der Waals surface area contributed by atoms with Gasteiger partial charge in [0.2, 0.25) is 0 Å². The lowest BCUT2D eigenvalue weighted by atomic mass is 10.2. The maximum absolute atomic E-state index is 11.6. The van der Waals surface area contributed by atoms with Gasteiger partial charge in [-0.3, -0.25) is 4.18 Å². The van der Waals surface area contributed by atoms with Crippen LogP contribution in [-0.4, -0.2) is 10.8 Å². The molecule has 0 radical (unpaired) electrons. The van der Waals surface area contributed by atoms with Gasteiger partial charge in [-0.25, -0.2) is 4.21 Å². The zero-order chi connectivity index (χ0) is 11.1. The molecule has 0 bridgehead atoms. The highest BCUT2D eigenvalue weighted by Crippen LogP contribution is 2.09. The molecule has 15 heavy (non-hydrogen) atoms. The van der Waals surface area contributed by atoms with Crippen LogP contribution in [0.1, 0.15) is 31.7 Å². The molecule has 0 aliphatic carbocycles. The maximum Gasteiger partial charge on any atom is 0.189 e. The molecule has 0 heterocycles. The van der Waals surface area contributed by atoms with E-state index in [1.165, 1.54) is 5.56 Å². The number of benzene rings is 1. The predicted octanol–water partition coefficient (Wildman–Crippen LogP) is 3.22. The Morgan fingerprint density at radius 2 is 1.87 bits per heavy atom. The Bertz CT molecular complexity index is 306. The molecule has 1 aromatic rings. The van der Waals surface area contributed by atoms with Crippen LogP contribution in [0, 0.1) is 6.92 Å². The van der Waals surface area contributed by atoms with Gasteiger partial charge in [0.25, 0.3) is 0 Å².